The summed E-state index contributed by atoms with van der Waals surface area (Å²) >= 11 is 0. The second kappa shape index (κ2) is 10.5. The van der Waals surface area contributed by atoms with Gasteiger partial charge in [0.25, 0.3) is 5.91 Å². The van der Waals surface area contributed by atoms with E-state index in [1.807, 2.05) is 19.0 Å². The van der Waals surface area contributed by atoms with Crippen LogP contribution in [0.2, 0.25) is 0 Å². The summed E-state index contributed by atoms with van der Waals surface area (Å²) in [6.45, 7) is 8.36. The molecule has 4 rings (SSSR count). The molecule has 0 radical (unpaired) electrons. The van der Waals surface area contributed by atoms with Gasteiger partial charge in [0.2, 0.25) is 0 Å². The molecule has 3 aliphatic rings. The molecule has 190 valence electrons. The van der Waals surface area contributed by atoms with Crippen molar-refractivity contribution < 1.29 is 9.53 Å². The van der Waals surface area contributed by atoms with Gasteiger partial charge in [0, 0.05) is 38.0 Å². The highest BCUT2D eigenvalue weighted by Gasteiger charge is 2.33. The van der Waals surface area contributed by atoms with Crippen LogP contribution in [-0.2, 0) is 16.0 Å². The zero-order valence-electron chi connectivity index (χ0n) is 22.2. The third kappa shape index (κ3) is 5.46. The van der Waals surface area contributed by atoms with Crippen molar-refractivity contribution in [2.45, 2.75) is 58.9 Å². The molecule has 0 fully saturated rings. The van der Waals surface area contributed by atoms with Crippen molar-refractivity contribution in [3.63, 3.8) is 0 Å². The van der Waals surface area contributed by atoms with E-state index in [0.717, 1.165) is 48.6 Å². The van der Waals surface area contributed by atoms with Gasteiger partial charge in [-0.1, -0.05) is 38.5 Å². The quantitative estimate of drug-likeness (QED) is 0.591. The summed E-state index contributed by atoms with van der Waals surface area (Å²) < 4.78 is 5.14. The SMILES string of the molecule is CCC1(C)CCC2=CC(C1)NN=C2c1[nH]c2c(c1C)C=CC(N(CCN(C)C)C(=O)COC)=CC2. The monoisotopic (exact) mass is 479 g/mol. The van der Waals surface area contributed by atoms with Crippen molar-refractivity contribution in [3.8, 4) is 0 Å². The molecule has 2 heterocycles. The number of hydrogen-bond acceptors (Lipinski definition) is 5. The number of hydrazone groups is 1. The van der Waals surface area contributed by atoms with E-state index in [0.29, 0.717) is 18.0 Å². The topological polar surface area (TPSA) is 73.0 Å². The van der Waals surface area contributed by atoms with Crippen LogP contribution in [0, 0.1) is 12.3 Å². The Labute approximate surface area is 210 Å². The number of hydrogen-bond donors (Lipinski definition) is 2. The Morgan fingerprint density at radius 1 is 1.29 bits per heavy atom. The van der Waals surface area contributed by atoms with Crippen molar-refractivity contribution in [1.29, 1.82) is 0 Å². The number of rotatable bonds is 8. The molecule has 0 aromatic carbocycles. The molecule has 1 aromatic heterocycles. The lowest BCUT2D eigenvalue weighted by atomic mass is 9.78. The molecule has 1 amide bonds. The first-order valence-electron chi connectivity index (χ1n) is 12.8. The molecule has 0 saturated carbocycles. The summed E-state index contributed by atoms with van der Waals surface area (Å²) in [6, 6.07) is 0.317. The smallest absolute Gasteiger partial charge is 0.252 e. The standard InChI is InChI=1S/C28H41N5O2/c1-7-28(3)13-12-20-16-21(17-28)30-31-27(20)26-19(2)23-10-8-22(9-11-24(23)29-26)33(15-14-32(4)5)25(34)18-35-6/h8-10,16,21,29-30H,7,11-15,17-18H2,1-6H3. The highest BCUT2D eigenvalue weighted by molar-refractivity contribution is 6.13. The maximum Gasteiger partial charge on any atom is 0.252 e. The van der Waals surface area contributed by atoms with Gasteiger partial charge in [0.05, 0.1) is 11.7 Å². The van der Waals surface area contributed by atoms with Crippen LogP contribution in [0.25, 0.3) is 6.08 Å². The normalized spacial score (nSPS) is 23.5. The van der Waals surface area contributed by atoms with Crippen molar-refractivity contribution in [2.24, 2.45) is 10.5 Å². The van der Waals surface area contributed by atoms with E-state index in [1.54, 1.807) is 7.11 Å². The van der Waals surface area contributed by atoms with Crippen molar-refractivity contribution in [1.82, 2.24) is 20.2 Å². The third-order valence-electron chi connectivity index (χ3n) is 7.82. The van der Waals surface area contributed by atoms with Crippen LogP contribution in [0.5, 0.6) is 0 Å². The van der Waals surface area contributed by atoms with E-state index in [4.69, 9.17) is 9.84 Å². The predicted molar refractivity (Wildman–Crippen MR) is 142 cm³/mol. The van der Waals surface area contributed by atoms with Crippen LogP contribution in [0.4, 0.5) is 0 Å². The zero-order chi connectivity index (χ0) is 25.2. The van der Waals surface area contributed by atoms with Gasteiger partial charge in [-0.3, -0.25) is 4.79 Å². The van der Waals surface area contributed by atoms with Gasteiger partial charge < -0.3 is 24.9 Å². The molecule has 7 nitrogen and oxygen atoms in total. The minimum absolute atomic E-state index is 0.0233. The number of ether oxygens (including phenoxy) is 1. The van der Waals surface area contributed by atoms with Gasteiger partial charge in [-0.05, 0) is 68.5 Å². The Morgan fingerprint density at radius 3 is 2.80 bits per heavy atom. The average Bonchev–Trinajstić information content (AvgIpc) is 2.95. The fraction of sp³-hybridized carbons (Fsp3) is 0.571. The van der Waals surface area contributed by atoms with E-state index in [-0.39, 0.29) is 12.5 Å². The highest BCUT2D eigenvalue weighted by Crippen LogP contribution is 2.39. The Hall–Kier alpha value is -2.64. The Kier molecular flexibility index (Phi) is 7.67. The number of carbonyl (C=O) groups is 1. The van der Waals surface area contributed by atoms with Gasteiger partial charge >= 0.3 is 0 Å². The first kappa shape index (κ1) is 25.5. The van der Waals surface area contributed by atoms with Crippen LogP contribution in [-0.4, -0.2) is 73.3 Å². The van der Waals surface area contributed by atoms with E-state index < -0.39 is 0 Å². The van der Waals surface area contributed by atoms with Crippen molar-refractivity contribution >= 4 is 17.7 Å². The number of amides is 1. The van der Waals surface area contributed by atoms with Crippen LogP contribution >= 0.6 is 0 Å². The highest BCUT2D eigenvalue weighted by atomic mass is 16.5. The van der Waals surface area contributed by atoms with Crippen LogP contribution < -0.4 is 5.43 Å². The molecule has 1 aliphatic heterocycles. The number of allylic oxidation sites excluding steroid dienone is 3. The van der Waals surface area contributed by atoms with Crippen LogP contribution in [0.3, 0.4) is 0 Å². The summed E-state index contributed by atoms with van der Waals surface area (Å²) in [5.41, 5.74) is 11.8. The predicted octanol–water partition coefficient (Wildman–Crippen LogP) is 4.02. The van der Waals surface area contributed by atoms with E-state index >= 15 is 0 Å². The number of fused-ring (bicyclic) bond motifs is 2. The number of aromatic amines is 1. The lowest BCUT2D eigenvalue weighted by Gasteiger charge is -2.29. The van der Waals surface area contributed by atoms with Gasteiger partial charge in [0.1, 0.15) is 12.3 Å². The molecule has 2 aliphatic carbocycles. The Bertz CT molecular complexity index is 1080. The van der Waals surface area contributed by atoms with Crippen molar-refractivity contribution in [3.05, 3.63) is 52.0 Å². The van der Waals surface area contributed by atoms with E-state index in [2.05, 4.69) is 60.4 Å². The lowest BCUT2D eigenvalue weighted by Crippen LogP contribution is -2.37. The number of aromatic nitrogens is 1. The molecule has 2 bridgehead atoms. The number of methoxy groups -OCH3 is 1. The molecule has 1 aromatic rings. The third-order valence-corrected chi connectivity index (χ3v) is 7.82. The number of H-pyrrole nitrogens is 1. The molecular weight excluding hydrogens is 438 g/mol. The molecule has 2 N–H and O–H groups in total. The summed E-state index contributed by atoms with van der Waals surface area (Å²) in [5, 5.41) is 4.86. The molecule has 0 spiro atoms. The lowest BCUT2D eigenvalue weighted by molar-refractivity contribution is -0.133. The first-order chi connectivity index (χ1) is 16.7. The summed E-state index contributed by atoms with van der Waals surface area (Å²) in [6.07, 6.45) is 14.0. The van der Waals surface area contributed by atoms with E-state index in [1.165, 1.54) is 29.5 Å². The zero-order valence-corrected chi connectivity index (χ0v) is 22.2. The molecular formula is C28H41N5O2. The minimum atomic E-state index is -0.0233. The maximum atomic E-state index is 12.8. The second-order valence-corrected chi connectivity index (χ2v) is 10.7. The molecule has 35 heavy (non-hydrogen) atoms. The first-order valence-corrected chi connectivity index (χ1v) is 12.8. The number of nitrogens with zero attached hydrogens (tertiary/aromatic N) is 3. The maximum absolute atomic E-state index is 12.8. The summed E-state index contributed by atoms with van der Waals surface area (Å²) in [5.74, 6) is -0.0233. The van der Waals surface area contributed by atoms with Gasteiger partial charge in [-0.25, -0.2) is 0 Å². The number of carbonyl (C=O) groups excluding carboxylic acids is 1. The van der Waals surface area contributed by atoms with Crippen LogP contribution in [0.15, 0.2) is 34.6 Å². The number of likely N-dealkylation sites (N-methyl/N-ethyl adjacent to an activating group) is 1. The van der Waals surface area contributed by atoms with Gasteiger partial charge in [0.15, 0.2) is 0 Å². The average molecular weight is 480 g/mol. The summed E-state index contributed by atoms with van der Waals surface area (Å²) in [7, 11) is 5.60. The second-order valence-electron chi connectivity index (χ2n) is 10.7. The fourth-order valence-electron chi connectivity index (χ4n) is 5.33. The number of nitrogens with one attached hydrogen (secondary N) is 2. The molecule has 2 atom stereocenters. The van der Waals surface area contributed by atoms with Gasteiger partial charge in [-0.15, -0.1) is 0 Å². The molecule has 2 unspecified atom stereocenters. The van der Waals surface area contributed by atoms with Crippen molar-refractivity contribution in [2.75, 3.05) is 40.9 Å². The van der Waals surface area contributed by atoms with E-state index in [9.17, 15) is 4.79 Å². The Morgan fingerprint density at radius 2 is 2.09 bits per heavy atom. The van der Waals surface area contributed by atoms with Crippen LogP contribution in [0.1, 0.15) is 62.0 Å². The fourth-order valence-corrected chi connectivity index (χ4v) is 5.33. The largest absolute Gasteiger partial charge is 0.375 e. The van der Waals surface area contributed by atoms with Gasteiger partial charge in [-0.2, -0.15) is 5.10 Å². The summed E-state index contributed by atoms with van der Waals surface area (Å²) in [4.78, 5) is 20.4. The molecule has 7 heteroatoms. The molecule has 0 saturated heterocycles. The minimum Gasteiger partial charge on any atom is -0.375 e. The Balaban J connectivity index is 1.57.